The third-order valence-corrected chi connectivity index (χ3v) is 3.49. The fourth-order valence-corrected chi connectivity index (χ4v) is 2.29. The number of nitrogens with one attached hydrogen (secondary N) is 2. The zero-order valence-electron chi connectivity index (χ0n) is 13.5. The van der Waals surface area contributed by atoms with Crippen LogP contribution in [0.25, 0.3) is 0 Å². The molecule has 0 spiro atoms. The van der Waals surface area contributed by atoms with Gasteiger partial charge in [0.05, 0.1) is 0 Å². The summed E-state index contributed by atoms with van der Waals surface area (Å²) in [7, 11) is 1.90. The number of benzene rings is 2. The number of carbonyl (C=O) groups excluding carboxylic acids is 1. The highest BCUT2D eigenvalue weighted by atomic mass is 16.5. The Hall–Kier alpha value is -2.33. The summed E-state index contributed by atoms with van der Waals surface area (Å²) in [5, 5.41) is 5.90. The third kappa shape index (κ3) is 6.12. The molecule has 1 amide bonds. The Balaban J connectivity index is 1.86. The van der Waals surface area contributed by atoms with E-state index in [0.29, 0.717) is 6.54 Å². The summed E-state index contributed by atoms with van der Waals surface area (Å²) < 4.78 is 5.70. The minimum atomic E-state index is -0.0874. The highest BCUT2D eigenvalue weighted by Gasteiger charge is 2.07. The van der Waals surface area contributed by atoms with E-state index < -0.39 is 0 Å². The third-order valence-electron chi connectivity index (χ3n) is 3.49. The first kappa shape index (κ1) is 17.0. The molecule has 0 radical (unpaired) electrons. The standard InChI is InChI=1S/C19H24N2O2/c1-20-12-7-13-21-19(22)15-23-18-11-6-5-10-17(18)14-16-8-3-2-4-9-16/h2-6,8-11,20H,7,12-15H2,1H3,(H,21,22). The maximum atomic E-state index is 11.8. The van der Waals surface area contributed by atoms with E-state index in [1.54, 1.807) is 0 Å². The van der Waals surface area contributed by atoms with E-state index >= 15 is 0 Å². The maximum absolute atomic E-state index is 11.8. The van der Waals surface area contributed by atoms with Crippen molar-refractivity contribution in [3.8, 4) is 5.75 Å². The number of ether oxygens (including phenoxy) is 1. The van der Waals surface area contributed by atoms with Gasteiger partial charge >= 0.3 is 0 Å². The first-order chi connectivity index (χ1) is 11.3. The van der Waals surface area contributed by atoms with Gasteiger partial charge in [-0.1, -0.05) is 48.5 Å². The van der Waals surface area contributed by atoms with Gasteiger partial charge in [0.1, 0.15) is 5.75 Å². The Kier molecular flexibility index (Phi) is 7.14. The molecule has 0 heterocycles. The Morgan fingerprint density at radius 3 is 2.52 bits per heavy atom. The lowest BCUT2D eigenvalue weighted by atomic mass is 10.0. The Labute approximate surface area is 137 Å². The Bertz CT molecular complexity index is 599. The predicted molar refractivity (Wildman–Crippen MR) is 92.7 cm³/mol. The molecule has 2 aromatic rings. The van der Waals surface area contributed by atoms with Gasteiger partial charge in [0.15, 0.2) is 6.61 Å². The molecule has 2 rings (SSSR count). The summed E-state index contributed by atoms with van der Waals surface area (Å²) >= 11 is 0. The molecule has 0 bridgehead atoms. The maximum Gasteiger partial charge on any atom is 0.257 e. The predicted octanol–water partition coefficient (Wildman–Crippen LogP) is 2.38. The second-order valence-corrected chi connectivity index (χ2v) is 5.37. The lowest BCUT2D eigenvalue weighted by molar-refractivity contribution is -0.123. The number of rotatable bonds is 9. The molecule has 0 unspecified atom stereocenters. The van der Waals surface area contributed by atoms with Gasteiger partial charge in [-0.15, -0.1) is 0 Å². The minimum absolute atomic E-state index is 0.0470. The van der Waals surface area contributed by atoms with Gasteiger partial charge in [0.2, 0.25) is 0 Å². The fourth-order valence-electron chi connectivity index (χ4n) is 2.29. The van der Waals surface area contributed by atoms with Crippen molar-refractivity contribution in [2.75, 3.05) is 26.7 Å². The molecule has 4 nitrogen and oxygen atoms in total. The summed E-state index contributed by atoms with van der Waals surface area (Å²) in [6, 6.07) is 18.1. The van der Waals surface area contributed by atoms with E-state index in [1.807, 2.05) is 49.5 Å². The van der Waals surface area contributed by atoms with Crippen molar-refractivity contribution in [1.82, 2.24) is 10.6 Å². The van der Waals surface area contributed by atoms with Crippen molar-refractivity contribution in [2.24, 2.45) is 0 Å². The van der Waals surface area contributed by atoms with Crippen molar-refractivity contribution in [3.05, 3.63) is 65.7 Å². The topological polar surface area (TPSA) is 50.4 Å². The molecule has 0 atom stereocenters. The molecule has 0 saturated heterocycles. The quantitative estimate of drug-likeness (QED) is 0.699. The molecule has 4 heteroatoms. The van der Waals surface area contributed by atoms with Crippen LogP contribution < -0.4 is 15.4 Å². The molecule has 0 aliphatic heterocycles. The van der Waals surface area contributed by atoms with Crippen LogP contribution in [0.1, 0.15) is 17.5 Å². The lowest BCUT2D eigenvalue weighted by Gasteiger charge is -2.12. The molecular weight excluding hydrogens is 288 g/mol. The van der Waals surface area contributed by atoms with E-state index in [4.69, 9.17) is 4.74 Å². The Morgan fingerprint density at radius 1 is 1.00 bits per heavy atom. The van der Waals surface area contributed by atoms with Crippen LogP contribution in [-0.2, 0) is 11.2 Å². The largest absolute Gasteiger partial charge is 0.483 e. The normalized spacial score (nSPS) is 10.3. The lowest BCUT2D eigenvalue weighted by Crippen LogP contribution is -2.31. The second kappa shape index (κ2) is 9.64. The van der Waals surface area contributed by atoms with Crippen LogP contribution in [-0.4, -0.2) is 32.7 Å². The fraction of sp³-hybridized carbons (Fsp3) is 0.316. The first-order valence-corrected chi connectivity index (χ1v) is 7.95. The summed E-state index contributed by atoms with van der Waals surface area (Å²) in [5.41, 5.74) is 2.31. The van der Waals surface area contributed by atoms with E-state index in [2.05, 4.69) is 22.8 Å². The smallest absolute Gasteiger partial charge is 0.257 e. The van der Waals surface area contributed by atoms with Gasteiger partial charge in [-0.05, 0) is 37.2 Å². The minimum Gasteiger partial charge on any atom is -0.483 e. The molecule has 122 valence electrons. The molecule has 0 saturated carbocycles. The van der Waals surface area contributed by atoms with Crippen molar-refractivity contribution in [2.45, 2.75) is 12.8 Å². The van der Waals surface area contributed by atoms with Crippen LogP contribution in [0.4, 0.5) is 0 Å². The molecule has 2 aromatic carbocycles. The average molecular weight is 312 g/mol. The number of para-hydroxylation sites is 1. The van der Waals surface area contributed by atoms with Crippen LogP contribution in [0, 0.1) is 0 Å². The highest BCUT2D eigenvalue weighted by molar-refractivity contribution is 5.77. The molecule has 23 heavy (non-hydrogen) atoms. The van der Waals surface area contributed by atoms with Crippen LogP contribution >= 0.6 is 0 Å². The number of carbonyl (C=O) groups is 1. The van der Waals surface area contributed by atoms with Crippen molar-refractivity contribution < 1.29 is 9.53 Å². The molecule has 0 aliphatic carbocycles. The van der Waals surface area contributed by atoms with Crippen molar-refractivity contribution in [3.63, 3.8) is 0 Å². The summed E-state index contributed by atoms with van der Waals surface area (Å²) in [4.78, 5) is 11.8. The molecule has 2 N–H and O–H groups in total. The Morgan fingerprint density at radius 2 is 1.74 bits per heavy atom. The molecule has 0 fully saturated rings. The molecular formula is C19H24N2O2. The van der Waals surface area contributed by atoms with Gasteiger partial charge in [-0.2, -0.15) is 0 Å². The summed E-state index contributed by atoms with van der Waals surface area (Å²) in [6.07, 6.45) is 1.70. The van der Waals surface area contributed by atoms with E-state index in [1.165, 1.54) is 5.56 Å². The van der Waals surface area contributed by atoms with Gasteiger partial charge in [0.25, 0.3) is 5.91 Å². The number of amides is 1. The zero-order valence-corrected chi connectivity index (χ0v) is 13.5. The van der Waals surface area contributed by atoms with E-state index in [-0.39, 0.29) is 12.5 Å². The van der Waals surface area contributed by atoms with E-state index in [9.17, 15) is 4.79 Å². The number of hydrogen-bond donors (Lipinski definition) is 2. The van der Waals surface area contributed by atoms with Crippen molar-refractivity contribution in [1.29, 1.82) is 0 Å². The van der Waals surface area contributed by atoms with Crippen LogP contribution in [0.5, 0.6) is 5.75 Å². The number of hydrogen-bond acceptors (Lipinski definition) is 3. The molecule has 0 aromatic heterocycles. The van der Waals surface area contributed by atoms with Gasteiger partial charge < -0.3 is 15.4 Å². The average Bonchev–Trinajstić information content (AvgIpc) is 2.59. The monoisotopic (exact) mass is 312 g/mol. The second-order valence-electron chi connectivity index (χ2n) is 5.37. The van der Waals surface area contributed by atoms with E-state index in [0.717, 1.165) is 30.7 Å². The molecule has 0 aliphatic rings. The van der Waals surface area contributed by atoms with Crippen molar-refractivity contribution >= 4 is 5.91 Å². The highest BCUT2D eigenvalue weighted by Crippen LogP contribution is 2.21. The zero-order chi connectivity index (χ0) is 16.3. The van der Waals surface area contributed by atoms with Crippen LogP contribution in [0.15, 0.2) is 54.6 Å². The summed E-state index contributed by atoms with van der Waals surface area (Å²) in [6.45, 7) is 1.60. The van der Waals surface area contributed by atoms with Gasteiger partial charge in [0, 0.05) is 13.0 Å². The van der Waals surface area contributed by atoms with Gasteiger partial charge in [-0.3, -0.25) is 4.79 Å². The SMILES string of the molecule is CNCCCNC(=O)COc1ccccc1Cc1ccccc1. The first-order valence-electron chi connectivity index (χ1n) is 7.95. The van der Waals surface area contributed by atoms with Gasteiger partial charge in [-0.25, -0.2) is 0 Å². The van der Waals surface area contributed by atoms with Crippen LogP contribution in [0.2, 0.25) is 0 Å². The van der Waals surface area contributed by atoms with Crippen LogP contribution in [0.3, 0.4) is 0 Å². The summed E-state index contributed by atoms with van der Waals surface area (Å²) in [5.74, 6) is 0.678.